The molecular weight excluding hydrogens is 308 g/mol. The van der Waals surface area contributed by atoms with Crippen molar-refractivity contribution in [1.82, 2.24) is 20.2 Å². The number of carbonyl (C=O) groups excluding carboxylic acids is 1. The van der Waals surface area contributed by atoms with E-state index in [1.807, 2.05) is 24.3 Å². The number of amides is 1. The van der Waals surface area contributed by atoms with Crippen LogP contribution in [0.2, 0.25) is 0 Å². The molecule has 0 aliphatic heterocycles. The molecule has 0 radical (unpaired) electrons. The molecule has 1 aromatic heterocycles. The molecule has 3 N–H and O–H groups in total. The first-order valence-corrected chi connectivity index (χ1v) is 6.86. The molecule has 122 valence electrons. The minimum Gasteiger partial charge on any atom is -0.383 e. The second kappa shape index (κ2) is 9.24. The molecule has 0 unspecified atom stereocenters. The Morgan fingerprint density at radius 3 is 2.82 bits per heavy atom. The van der Waals surface area contributed by atoms with Crippen LogP contribution < -0.4 is 16.3 Å². The highest BCUT2D eigenvalue weighted by atomic mass is 35.5. The normalized spacial score (nSPS) is 10.4. The number of imidazole rings is 1. The van der Waals surface area contributed by atoms with Crippen LogP contribution in [0.15, 0.2) is 29.1 Å². The van der Waals surface area contributed by atoms with Crippen molar-refractivity contribution < 1.29 is 9.53 Å². The molecule has 7 nitrogen and oxygen atoms in total. The molecule has 0 bridgehead atoms. The van der Waals surface area contributed by atoms with Crippen LogP contribution in [-0.2, 0) is 16.1 Å². The van der Waals surface area contributed by atoms with E-state index in [0.717, 1.165) is 17.6 Å². The predicted octanol–water partition coefficient (Wildman–Crippen LogP) is 0.104. The molecule has 2 rings (SSSR count). The second-order valence-corrected chi connectivity index (χ2v) is 4.63. The lowest BCUT2D eigenvalue weighted by atomic mass is 10.3. The summed E-state index contributed by atoms with van der Waals surface area (Å²) in [5, 5.41) is 5.90. The van der Waals surface area contributed by atoms with Gasteiger partial charge in [0.2, 0.25) is 5.91 Å². The van der Waals surface area contributed by atoms with Crippen LogP contribution in [0.3, 0.4) is 0 Å². The highest BCUT2D eigenvalue weighted by Gasteiger charge is 2.09. The fourth-order valence-corrected chi connectivity index (χ4v) is 2.05. The van der Waals surface area contributed by atoms with Gasteiger partial charge in [-0.15, -0.1) is 12.4 Å². The van der Waals surface area contributed by atoms with Crippen molar-refractivity contribution in [2.24, 2.45) is 0 Å². The van der Waals surface area contributed by atoms with Gasteiger partial charge in [-0.2, -0.15) is 0 Å². The van der Waals surface area contributed by atoms with Crippen molar-refractivity contribution in [1.29, 1.82) is 0 Å². The summed E-state index contributed by atoms with van der Waals surface area (Å²) >= 11 is 0. The number of rotatable bonds is 8. The zero-order valence-electron chi connectivity index (χ0n) is 12.4. The van der Waals surface area contributed by atoms with Gasteiger partial charge in [0.1, 0.15) is 6.54 Å². The summed E-state index contributed by atoms with van der Waals surface area (Å²) in [5.74, 6) is -0.185. The first-order chi connectivity index (χ1) is 10.2. The maximum absolute atomic E-state index is 11.9. The van der Waals surface area contributed by atoms with Gasteiger partial charge >= 0.3 is 5.69 Å². The van der Waals surface area contributed by atoms with Gasteiger partial charge in [0, 0.05) is 26.7 Å². The zero-order chi connectivity index (χ0) is 15.1. The van der Waals surface area contributed by atoms with E-state index in [-0.39, 0.29) is 30.5 Å². The summed E-state index contributed by atoms with van der Waals surface area (Å²) in [6.45, 7) is 2.57. The van der Waals surface area contributed by atoms with E-state index in [1.54, 1.807) is 7.11 Å². The third-order valence-electron chi connectivity index (χ3n) is 3.09. The summed E-state index contributed by atoms with van der Waals surface area (Å²) < 4.78 is 6.34. The molecule has 0 atom stereocenters. The highest BCUT2D eigenvalue weighted by molar-refractivity contribution is 5.85. The molecule has 8 heteroatoms. The van der Waals surface area contributed by atoms with E-state index < -0.39 is 0 Å². The van der Waals surface area contributed by atoms with E-state index in [9.17, 15) is 9.59 Å². The zero-order valence-corrected chi connectivity index (χ0v) is 13.2. The Balaban J connectivity index is 0.00000242. The van der Waals surface area contributed by atoms with Gasteiger partial charge in [0.25, 0.3) is 0 Å². The number of H-pyrrole nitrogens is 1. The van der Waals surface area contributed by atoms with Crippen LogP contribution >= 0.6 is 12.4 Å². The smallest absolute Gasteiger partial charge is 0.326 e. The molecule has 0 spiro atoms. The number of halogens is 1. The van der Waals surface area contributed by atoms with E-state index in [4.69, 9.17) is 4.74 Å². The van der Waals surface area contributed by atoms with Gasteiger partial charge in [-0.1, -0.05) is 12.1 Å². The number of benzene rings is 1. The Kier molecular flexibility index (Phi) is 7.65. The fourth-order valence-electron chi connectivity index (χ4n) is 2.05. The molecule has 1 amide bonds. The van der Waals surface area contributed by atoms with E-state index in [1.165, 1.54) is 4.57 Å². The number of methoxy groups -OCH3 is 1. The predicted molar refractivity (Wildman–Crippen MR) is 87.6 cm³/mol. The Hall–Kier alpha value is -1.83. The van der Waals surface area contributed by atoms with Crippen molar-refractivity contribution in [3.63, 3.8) is 0 Å². The molecule has 0 aliphatic carbocycles. The maximum atomic E-state index is 11.9. The van der Waals surface area contributed by atoms with Gasteiger partial charge in [0.15, 0.2) is 0 Å². The van der Waals surface area contributed by atoms with Crippen LogP contribution in [-0.4, -0.2) is 48.8 Å². The number of hydrogen-bond donors (Lipinski definition) is 3. The first kappa shape index (κ1) is 18.2. The van der Waals surface area contributed by atoms with Crippen molar-refractivity contribution in [2.45, 2.75) is 6.54 Å². The summed E-state index contributed by atoms with van der Waals surface area (Å²) in [6, 6.07) is 7.30. The highest BCUT2D eigenvalue weighted by Crippen LogP contribution is 2.08. The standard InChI is InChI=1S/C14H20N4O3.ClH/c1-21-9-8-15-6-7-16-13(19)10-18-12-5-3-2-4-11(12)17-14(18)20;/h2-5,15H,6-10H2,1H3,(H,16,19)(H,17,20);1H. The first-order valence-electron chi connectivity index (χ1n) is 6.86. The maximum Gasteiger partial charge on any atom is 0.326 e. The molecular formula is C14H21ClN4O3. The SMILES string of the molecule is COCCNCCNC(=O)Cn1c(=O)[nH]c2ccccc21.Cl. The average molecular weight is 329 g/mol. The van der Waals surface area contributed by atoms with E-state index in [0.29, 0.717) is 19.7 Å². The number of para-hydroxylation sites is 2. The van der Waals surface area contributed by atoms with E-state index >= 15 is 0 Å². The summed E-state index contributed by atoms with van der Waals surface area (Å²) in [5.41, 5.74) is 1.19. The van der Waals surface area contributed by atoms with Crippen LogP contribution in [0, 0.1) is 0 Å². The molecule has 0 aliphatic rings. The Morgan fingerprint density at radius 1 is 1.27 bits per heavy atom. The number of aromatic amines is 1. The topological polar surface area (TPSA) is 88.2 Å². The summed E-state index contributed by atoms with van der Waals surface area (Å²) in [6.07, 6.45) is 0. The lowest BCUT2D eigenvalue weighted by molar-refractivity contribution is -0.121. The van der Waals surface area contributed by atoms with Crippen molar-refractivity contribution in [3.05, 3.63) is 34.7 Å². The number of fused-ring (bicyclic) bond motifs is 1. The fraction of sp³-hybridized carbons (Fsp3) is 0.429. The monoisotopic (exact) mass is 328 g/mol. The number of hydrogen-bond acceptors (Lipinski definition) is 4. The number of ether oxygens (including phenoxy) is 1. The minimum absolute atomic E-state index is 0. The van der Waals surface area contributed by atoms with E-state index in [2.05, 4.69) is 15.6 Å². The third-order valence-corrected chi connectivity index (χ3v) is 3.09. The molecule has 0 fully saturated rings. The quantitative estimate of drug-likeness (QED) is 0.600. The molecule has 2 aromatic rings. The van der Waals surface area contributed by atoms with Crippen LogP contribution in [0.1, 0.15) is 0 Å². The van der Waals surface area contributed by atoms with Crippen molar-refractivity contribution in [2.75, 3.05) is 33.4 Å². The lowest BCUT2D eigenvalue weighted by Crippen LogP contribution is -2.36. The molecule has 1 aromatic carbocycles. The summed E-state index contributed by atoms with van der Waals surface area (Å²) in [4.78, 5) is 26.4. The minimum atomic E-state index is -0.274. The number of carbonyl (C=O) groups is 1. The number of nitrogens with zero attached hydrogens (tertiary/aromatic N) is 1. The van der Waals surface area contributed by atoms with Gasteiger partial charge in [-0.05, 0) is 12.1 Å². The van der Waals surface area contributed by atoms with Crippen molar-refractivity contribution >= 4 is 29.3 Å². The van der Waals surface area contributed by atoms with Gasteiger partial charge < -0.3 is 20.4 Å². The third kappa shape index (κ3) is 4.87. The van der Waals surface area contributed by atoms with Crippen LogP contribution in [0.5, 0.6) is 0 Å². The molecule has 0 saturated heterocycles. The molecule has 0 saturated carbocycles. The number of nitrogens with one attached hydrogen (secondary N) is 3. The van der Waals surface area contributed by atoms with Crippen LogP contribution in [0.25, 0.3) is 11.0 Å². The average Bonchev–Trinajstić information content (AvgIpc) is 2.79. The van der Waals surface area contributed by atoms with Gasteiger partial charge in [-0.3, -0.25) is 9.36 Å². The van der Waals surface area contributed by atoms with Crippen molar-refractivity contribution in [3.8, 4) is 0 Å². The van der Waals surface area contributed by atoms with Gasteiger partial charge in [0.05, 0.1) is 17.6 Å². The summed E-state index contributed by atoms with van der Waals surface area (Å²) in [7, 11) is 1.64. The molecule has 22 heavy (non-hydrogen) atoms. The Morgan fingerprint density at radius 2 is 2.05 bits per heavy atom. The molecule has 1 heterocycles. The van der Waals surface area contributed by atoms with Crippen LogP contribution in [0.4, 0.5) is 0 Å². The Labute approximate surface area is 134 Å². The second-order valence-electron chi connectivity index (χ2n) is 4.63. The van der Waals surface area contributed by atoms with Gasteiger partial charge in [-0.25, -0.2) is 4.79 Å². The lowest BCUT2D eigenvalue weighted by Gasteiger charge is -2.07. The largest absolute Gasteiger partial charge is 0.383 e. The number of aromatic nitrogens is 2. The Bertz CT molecular complexity index is 653.